The van der Waals surface area contributed by atoms with Crippen LogP contribution in [-0.2, 0) is 65.1 Å². The number of aromatic nitrogens is 1. The number of likely N-dealkylation sites (N-methyl/N-ethyl adjacent to an activating group) is 2. The largest absolute Gasteiger partial charge is 0.496 e. The van der Waals surface area contributed by atoms with Crippen LogP contribution in [0, 0.1) is 11.3 Å². The van der Waals surface area contributed by atoms with Crippen molar-refractivity contribution in [2.75, 3.05) is 76.6 Å². The minimum absolute atomic E-state index is 0.148. The number of carboxylic acid groups (broad SMARTS) is 3. The number of imide groups is 1. The lowest BCUT2D eigenvalue weighted by molar-refractivity contribution is -0.203. The van der Waals surface area contributed by atoms with Crippen LogP contribution in [0.15, 0.2) is 77.9 Å². The lowest BCUT2D eigenvalue weighted by atomic mass is 9.47. The second-order valence-electron chi connectivity index (χ2n) is 26.4. The Morgan fingerprint density at radius 3 is 2.22 bits per heavy atom. The molecule has 14 atom stereocenters. The number of methoxy groups -OCH3 is 2. The van der Waals surface area contributed by atoms with Gasteiger partial charge in [-0.3, -0.25) is 48.2 Å². The average Bonchev–Trinajstić information content (AvgIpc) is 1.51. The molecular formula is C67H82N10O17S. The van der Waals surface area contributed by atoms with Crippen LogP contribution in [0.3, 0.4) is 0 Å². The predicted octanol–water partition coefficient (Wildman–Crippen LogP) is 1.74. The fourth-order valence-corrected chi connectivity index (χ4v) is 18.2. The zero-order chi connectivity index (χ0) is 68.4. The number of H-pyrrole nitrogens is 1. The van der Waals surface area contributed by atoms with Gasteiger partial charge in [0.05, 0.1) is 61.4 Å². The van der Waals surface area contributed by atoms with Crippen LogP contribution in [0.1, 0.15) is 100 Å². The van der Waals surface area contributed by atoms with Crippen LogP contribution in [0.4, 0.5) is 11.4 Å². The van der Waals surface area contributed by atoms with Gasteiger partial charge in [0.2, 0.25) is 23.6 Å². The highest BCUT2D eigenvalue weighted by atomic mass is 32.2. The number of rotatable bonds is 22. The van der Waals surface area contributed by atoms with Crippen LogP contribution in [0.5, 0.6) is 5.75 Å². The van der Waals surface area contributed by atoms with Crippen LogP contribution >= 0.6 is 11.8 Å². The molecule has 1 spiro atoms. The number of hydrogen-bond acceptors (Lipinski definition) is 20. The number of nitrogens with zero attached hydrogens (tertiary/aromatic N) is 5. The number of aliphatic hydroxyl groups is 3. The van der Waals surface area contributed by atoms with Crippen molar-refractivity contribution in [2.24, 2.45) is 16.4 Å². The fraction of sp³-hybridized carbons (Fsp3) is 0.522. The van der Waals surface area contributed by atoms with Crippen molar-refractivity contribution >= 4 is 93.2 Å². The second kappa shape index (κ2) is 26.1. The SMILES string of the molecule is CC[C@]1(O)C[C@H]2CN(CCc3c([nH]c4ccccc34)[C@@](C(=O)OC)(c3cc4c(cc3OC)N(C)[C@H]3[C@@](O)(C(=O)N/N=C(/C)c5ccc(N6C(=O)CC(SC[C@H](NC(=O)[C@H](CC(=O)O)NC(=O)[C@H](CC(=O)O)NC)C(=O)O)C6=O)cc5)[C@H](O)[C@]5(CC)C=CCN6CC[C@]43[C@@H]65)C2)C1. The highest BCUT2D eigenvalue weighted by Gasteiger charge is 2.79. The number of fused-ring (bicyclic) bond motifs is 6. The van der Waals surface area contributed by atoms with Crippen molar-refractivity contribution in [3.8, 4) is 5.75 Å². The molecule has 11 N–H and O–H groups in total. The number of amides is 5. The number of carboxylic acids is 3. The lowest BCUT2D eigenvalue weighted by Gasteiger charge is -2.63. The summed E-state index contributed by atoms with van der Waals surface area (Å²) in [5.41, 5.74) is 0.373. The number of piperidine rings is 1. The molecule has 3 aromatic carbocycles. The fourth-order valence-electron chi connectivity index (χ4n) is 17.0. The van der Waals surface area contributed by atoms with Gasteiger partial charge in [-0.1, -0.05) is 56.3 Å². The lowest BCUT2D eigenvalue weighted by Crippen LogP contribution is -2.81. The number of aliphatic hydroxyl groups excluding tert-OH is 1. The Morgan fingerprint density at radius 2 is 1.56 bits per heavy atom. The third kappa shape index (κ3) is 11.4. The Kier molecular flexibility index (Phi) is 18.7. The Balaban J connectivity index is 0.876. The Labute approximate surface area is 552 Å². The summed E-state index contributed by atoms with van der Waals surface area (Å²) >= 11 is 0.757. The minimum Gasteiger partial charge on any atom is -0.496 e. The van der Waals surface area contributed by atoms with Crippen molar-refractivity contribution < 1.29 is 83.3 Å². The van der Waals surface area contributed by atoms with E-state index in [1.165, 1.54) is 26.3 Å². The molecule has 7 aliphatic rings. The number of carbonyl (C=O) groups is 9. The molecule has 2 bridgehead atoms. The number of ether oxygens (including phenoxy) is 2. The van der Waals surface area contributed by atoms with Gasteiger partial charge in [-0.15, -0.1) is 11.8 Å². The predicted molar refractivity (Wildman–Crippen MR) is 348 cm³/mol. The zero-order valence-corrected chi connectivity index (χ0v) is 54.8. The summed E-state index contributed by atoms with van der Waals surface area (Å²) in [7, 11) is 6.00. The summed E-state index contributed by atoms with van der Waals surface area (Å²) in [5.74, 6) is -9.82. The molecule has 6 aliphatic heterocycles. The molecule has 2 unspecified atom stereocenters. The monoisotopic (exact) mass is 1330 g/mol. The van der Waals surface area contributed by atoms with Gasteiger partial charge in [0.25, 0.3) is 5.91 Å². The number of hydrazone groups is 1. The van der Waals surface area contributed by atoms with E-state index in [1.807, 2.05) is 61.2 Å². The molecule has 0 radical (unpaired) electrons. The maximum atomic E-state index is 15.6. The van der Waals surface area contributed by atoms with Gasteiger partial charge < -0.3 is 65.9 Å². The number of thioether (sulfide) groups is 1. The van der Waals surface area contributed by atoms with Crippen molar-refractivity contribution in [3.63, 3.8) is 0 Å². The zero-order valence-electron chi connectivity index (χ0n) is 54.0. The quantitative estimate of drug-likeness (QED) is 0.0175. The molecule has 1 aliphatic carbocycles. The molecule has 11 rings (SSSR count). The molecule has 3 saturated heterocycles. The van der Waals surface area contributed by atoms with Crippen LogP contribution in [0.25, 0.3) is 10.9 Å². The van der Waals surface area contributed by atoms with E-state index in [9.17, 15) is 59.1 Å². The summed E-state index contributed by atoms with van der Waals surface area (Å²) < 4.78 is 12.4. The van der Waals surface area contributed by atoms with E-state index in [1.54, 1.807) is 33.2 Å². The smallest absolute Gasteiger partial charge is 0.327 e. The molecule has 4 fully saturated rings. The highest BCUT2D eigenvalue weighted by molar-refractivity contribution is 8.00. The van der Waals surface area contributed by atoms with Gasteiger partial charge in [0.15, 0.2) is 5.60 Å². The van der Waals surface area contributed by atoms with Gasteiger partial charge in [0.1, 0.15) is 29.4 Å². The number of aliphatic carboxylic acids is 3. The normalized spacial score (nSPS) is 30.1. The summed E-state index contributed by atoms with van der Waals surface area (Å²) in [6, 6.07) is 11.4. The number of aromatic amines is 1. The first-order valence-electron chi connectivity index (χ1n) is 32.0. The molecule has 508 valence electrons. The molecule has 7 heterocycles. The molecule has 1 aromatic heterocycles. The topological polar surface area (TPSA) is 383 Å². The number of para-hydroxylation sites is 1. The van der Waals surface area contributed by atoms with E-state index in [0.29, 0.717) is 93.1 Å². The highest BCUT2D eigenvalue weighted by Crippen LogP contribution is 2.68. The standard InChI is InChI=1S/C67H82N10O17S/c1-8-63(91)30-36-31-66(62(90)94-7,53-40(19-23-75(32-36)34-63)39-13-10-11-14-43(39)69-53)42-25-41-47(28-48(42)93-6)74(5)59-65(41)21-24-76-22-12-20-64(9-2,58(65)76)60(88)67(59,92)61(89)73-72-35(3)37-15-17-38(18-16-37)77-50(78)29-49(56(77)85)95-33-46(57(86)87)71-55(84)45(27-52(81)82)70-54(83)44(68-4)26-51(79)80/h10-18,20,25,28,36,44-46,49,58-60,68-69,88,91-92H,8-9,19,21-24,26-27,29-34H2,1-7H3,(H,70,83)(H,71,84)(H,73,89)(H,79,80)(H,81,82)(H,86,87)/b72-35-/t36-,44+,45+,46+,49?,58+,59-,60-,63+,64-,65-,66+,67+/m1/s1. The molecule has 95 heavy (non-hydrogen) atoms. The summed E-state index contributed by atoms with van der Waals surface area (Å²) in [6.07, 6.45) is 2.69. The molecular weight excluding hydrogens is 1250 g/mol. The third-order valence-corrected chi connectivity index (χ3v) is 22.6. The average molecular weight is 1330 g/mol. The number of carbonyl (C=O) groups excluding carboxylic acids is 6. The number of anilines is 2. The number of hydrogen-bond donors (Lipinski definition) is 11. The second-order valence-corrected chi connectivity index (χ2v) is 27.6. The van der Waals surface area contributed by atoms with Gasteiger partial charge >= 0.3 is 23.9 Å². The van der Waals surface area contributed by atoms with Gasteiger partial charge in [-0.05, 0) is 106 Å². The first kappa shape index (κ1) is 68.1. The Morgan fingerprint density at radius 1 is 0.863 bits per heavy atom. The van der Waals surface area contributed by atoms with Crippen molar-refractivity contribution in [1.82, 2.24) is 36.2 Å². The van der Waals surface area contributed by atoms with Crippen molar-refractivity contribution in [2.45, 2.75) is 142 Å². The van der Waals surface area contributed by atoms with E-state index >= 15 is 9.59 Å². The molecule has 4 aromatic rings. The first-order chi connectivity index (χ1) is 45.2. The Hall–Kier alpha value is -8.25. The third-order valence-electron chi connectivity index (χ3n) is 21.3. The summed E-state index contributed by atoms with van der Waals surface area (Å²) in [5, 5.41) is 78.9. The molecule has 27 nitrogen and oxygen atoms in total. The van der Waals surface area contributed by atoms with E-state index < -0.39 is 141 Å². The molecule has 1 saturated carbocycles. The van der Waals surface area contributed by atoms with Gasteiger partial charge in [0, 0.05) is 96.2 Å². The van der Waals surface area contributed by atoms with E-state index in [4.69, 9.17) is 14.6 Å². The number of esters is 1. The van der Waals surface area contributed by atoms with E-state index in [2.05, 4.69) is 47.3 Å². The summed E-state index contributed by atoms with van der Waals surface area (Å²) in [6.45, 7) is 8.36. The Bertz CT molecular complexity index is 3840. The number of benzene rings is 3. The first-order valence-corrected chi connectivity index (χ1v) is 33.0. The molecule has 5 amide bonds. The van der Waals surface area contributed by atoms with E-state index in [0.717, 1.165) is 38.7 Å². The maximum Gasteiger partial charge on any atom is 0.327 e. The van der Waals surface area contributed by atoms with Gasteiger partial charge in [-0.25, -0.2) is 15.1 Å². The molecule has 28 heteroatoms. The summed E-state index contributed by atoms with van der Waals surface area (Å²) in [4.78, 5) is 131. The van der Waals surface area contributed by atoms with Gasteiger partial charge in [-0.2, -0.15) is 5.10 Å². The minimum atomic E-state index is -2.58. The van der Waals surface area contributed by atoms with Crippen LogP contribution in [-0.4, -0.2) is 224 Å². The van der Waals surface area contributed by atoms with Crippen LogP contribution < -0.4 is 35.9 Å². The van der Waals surface area contributed by atoms with E-state index in [-0.39, 0.29) is 30.2 Å². The van der Waals surface area contributed by atoms with Crippen LogP contribution in [0.2, 0.25) is 0 Å². The van der Waals surface area contributed by atoms with Crippen molar-refractivity contribution in [1.29, 1.82) is 0 Å². The number of nitrogens with one attached hydrogen (secondary N) is 5. The van der Waals surface area contributed by atoms with Crippen molar-refractivity contribution in [3.05, 3.63) is 101 Å². The maximum absolute atomic E-state index is 15.6.